The number of rotatable bonds is 2. The van der Waals surface area contributed by atoms with Crippen LogP contribution in [0.5, 0.6) is 0 Å². The molecule has 3 aliphatic heterocycles. The first-order chi connectivity index (χ1) is 9.39. The number of carbonyl (C=O) groups excluding carboxylic acids is 2. The van der Waals surface area contributed by atoms with Gasteiger partial charge in [-0.1, -0.05) is 0 Å². The van der Waals surface area contributed by atoms with Crippen molar-refractivity contribution >= 4 is 21.8 Å². The number of fused-ring (bicyclic) bond motifs is 4. The van der Waals surface area contributed by atoms with Gasteiger partial charge in [-0.3, -0.25) is 9.59 Å². The van der Waals surface area contributed by atoms with E-state index in [1.807, 2.05) is 0 Å². The first-order valence-electron chi connectivity index (χ1n) is 6.13. The maximum Gasteiger partial charge on any atom is 0.312 e. The van der Waals surface area contributed by atoms with E-state index in [0.717, 1.165) is 0 Å². The average molecular weight is 302 g/mol. The molecule has 20 heavy (non-hydrogen) atoms. The summed E-state index contributed by atoms with van der Waals surface area (Å²) in [6.07, 6.45) is -1.38. The Kier molecular flexibility index (Phi) is 2.91. The fourth-order valence-electron chi connectivity index (χ4n) is 3.35. The Morgan fingerprint density at radius 2 is 1.40 bits per heavy atom. The molecule has 8 heteroatoms. The van der Waals surface area contributed by atoms with E-state index in [1.165, 1.54) is 14.2 Å². The van der Waals surface area contributed by atoms with E-state index in [9.17, 15) is 18.0 Å². The summed E-state index contributed by atoms with van der Waals surface area (Å²) in [4.78, 5) is 23.8. The highest BCUT2D eigenvalue weighted by atomic mass is 32.2. The van der Waals surface area contributed by atoms with Gasteiger partial charge in [-0.2, -0.15) is 0 Å². The lowest BCUT2D eigenvalue weighted by molar-refractivity contribution is -0.156. The summed E-state index contributed by atoms with van der Waals surface area (Å²) in [6, 6.07) is 0. The van der Waals surface area contributed by atoms with Crippen molar-refractivity contribution in [3.05, 3.63) is 11.1 Å². The number of sulfone groups is 1. The minimum absolute atomic E-state index is 0.106. The number of hydrogen-bond donors (Lipinski definition) is 0. The Balaban J connectivity index is 2.01. The van der Waals surface area contributed by atoms with Crippen LogP contribution in [0.25, 0.3) is 0 Å². The highest BCUT2D eigenvalue weighted by molar-refractivity contribution is 7.92. The molecule has 0 radical (unpaired) electrons. The van der Waals surface area contributed by atoms with E-state index < -0.39 is 45.8 Å². The molecule has 3 heterocycles. The summed E-state index contributed by atoms with van der Waals surface area (Å²) in [5, 5.41) is 0. The van der Waals surface area contributed by atoms with Crippen LogP contribution in [0.2, 0.25) is 0 Å². The Labute approximate surface area is 115 Å². The molecule has 0 aromatic rings. The SMILES string of the molecule is COC(=O)[C@@H]1[C@H](C(=O)OC)[C@H]2O[C@@H]1C1=C2CS(=O)(=O)C1. The van der Waals surface area contributed by atoms with Gasteiger partial charge < -0.3 is 14.2 Å². The lowest BCUT2D eigenvalue weighted by Gasteiger charge is -2.24. The fraction of sp³-hybridized carbons (Fsp3) is 0.667. The van der Waals surface area contributed by atoms with Crippen LogP contribution < -0.4 is 0 Å². The second kappa shape index (κ2) is 4.29. The Morgan fingerprint density at radius 3 is 1.75 bits per heavy atom. The van der Waals surface area contributed by atoms with Crippen LogP contribution >= 0.6 is 0 Å². The minimum atomic E-state index is -3.20. The van der Waals surface area contributed by atoms with Crippen molar-refractivity contribution < 1.29 is 32.2 Å². The highest BCUT2D eigenvalue weighted by Crippen LogP contribution is 2.50. The number of hydrogen-bond acceptors (Lipinski definition) is 7. The van der Waals surface area contributed by atoms with Gasteiger partial charge in [0.25, 0.3) is 0 Å². The molecule has 0 aromatic heterocycles. The van der Waals surface area contributed by atoms with Crippen molar-refractivity contribution in [2.24, 2.45) is 11.8 Å². The van der Waals surface area contributed by atoms with E-state index in [0.29, 0.717) is 11.1 Å². The summed E-state index contributed by atoms with van der Waals surface area (Å²) in [7, 11) is -0.750. The maximum absolute atomic E-state index is 11.9. The molecule has 1 fully saturated rings. The topological polar surface area (TPSA) is 96.0 Å². The number of carbonyl (C=O) groups is 2. The van der Waals surface area contributed by atoms with Gasteiger partial charge in [0, 0.05) is 0 Å². The van der Waals surface area contributed by atoms with Crippen molar-refractivity contribution in [3.63, 3.8) is 0 Å². The molecule has 1 saturated heterocycles. The van der Waals surface area contributed by atoms with Crippen LogP contribution in [0.15, 0.2) is 11.1 Å². The molecule has 0 unspecified atom stereocenters. The van der Waals surface area contributed by atoms with E-state index in [-0.39, 0.29) is 11.5 Å². The third kappa shape index (κ3) is 1.71. The zero-order valence-corrected chi connectivity index (χ0v) is 11.8. The smallest absolute Gasteiger partial charge is 0.312 e. The van der Waals surface area contributed by atoms with Gasteiger partial charge >= 0.3 is 11.9 Å². The molecular formula is C12H14O7S. The van der Waals surface area contributed by atoms with Crippen molar-refractivity contribution in [2.75, 3.05) is 25.7 Å². The van der Waals surface area contributed by atoms with Gasteiger partial charge in [-0.05, 0) is 11.1 Å². The van der Waals surface area contributed by atoms with Gasteiger partial charge in [0.05, 0.1) is 37.9 Å². The quantitative estimate of drug-likeness (QED) is 0.480. The minimum Gasteiger partial charge on any atom is -0.469 e. The lowest BCUT2D eigenvalue weighted by Crippen LogP contribution is -2.40. The third-order valence-corrected chi connectivity index (χ3v) is 5.63. The van der Waals surface area contributed by atoms with E-state index in [1.54, 1.807) is 0 Å². The van der Waals surface area contributed by atoms with Crippen LogP contribution in [0.3, 0.4) is 0 Å². The van der Waals surface area contributed by atoms with Crippen molar-refractivity contribution in [3.8, 4) is 0 Å². The van der Waals surface area contributed by atoms with E-state index in [2.05, 4.69) is 0 Å². The first kappa shape index (κ1) is 13.6. The molecule has 0 aromatic carbocycles. The van der Waals surface area contributed by atoms with Gasteiger partial charge in [0.15, 0.2) is 9.84 Å². The molecule has 0 amide bonds. The van der Waals surface area contributed by atoms with Gasteiger partial charge in [0.1, 0.15) is 11.8 Å². The molecule has 7 nitrogen and oxygen atoms in total. The van der Waals surface area contributed by atoms with E-state index in [4.69, 9.17) is 14.2 Å². The molecule has 3 rings (SSSR count). The normalized spacial score (nSPS) is 36.9. The van der Waals surface area contributed by atoms with Crippen LogP contribution in [0, 0.1) is 11.8 Å². The molecule has 0 spiro atoms. The van der Waals surface area contributed by atoms with Crippen molar-refractivity contribution in [1.82, 2.24) is 0 Å². The van der Waals surface area contributed by atoms with Crippen LogP contribution in [-0.4, -0.2) is 58.3 Å². The van der Waals surface area contributed by atoms with E-state index >= 15 is 0 Å². The Hall–Kier alpha value is -1.41. The molecule has 0 saturated carbocycles. The largest absolute Gasteiger partial charge is 0.469 e. The number of ether oxygens (including phenoxy) is 3. The summed E-state index contributed by atoms with van der Waals surface area (Å²) in [5.41, 5.74) is 1.23. The summed E-state index contributed by atoms with van der Waals surface area (Å²) < 4.78 is 38.5. The molecule has 2 bridgehead atoms. The predicted molar refractivity (Wildman–Crippen MR) is 65.4 cm³/mol. The average Bonchev–Trinajstić information content (AvgIpc) is 3.02. The third-order valence-electron chi connectivity index (χ3n) is 4.13. The zero-order valence-electron chi connectivity index (χ0n) is 11.0. The Bertz CT molecular complexity index is 572. The molecule has 4 atom stereocenters. The van der Waals surface area contributed by atoms with Crippen molar-refractivity contribution in [2.45, 2.75) is 12.2 Å². The van der Waals surface area contributed by atoms with Gasteiger partial charge in [-0.15, -0.1) is 0 Å². The predicted octanol–water partition coefficient (Wildman–Crippen LogP) is -0.929. The monoisotopic (exact) mass is 302 g/mol. The maximum atomic E-state index is 11.9. The molecule has 0 aliphatic carbocycles. The first-order valence-corrected chi connectivity index (χ1v) is 7.95. The summed E-state index contributed by atoms with van der Waals surface area (Å²) >= 11 is 0. The number of esters is 2. The Morgan fingerprint density at radius 1 is 1.00 bits per heavy atom. The standard InChI is InChI=1S/C12H14O7S/c1-17-11(13)7-8(12(14)18-2)10-6-4-20(15,16)3-5(6)9(7)19-10/h7-10H,3-4H2,1-2H3/t7-,8+,9-,10+. The molecule has 110 valence electrons. The zero-order chi connectivity index (χ0) is 14.7. The van der Waals surface area contributed by atoms with Crippen LogP contribution in [0.1, 0.15) is 0 Å². The van der Waals surface area contributed by atoms with Crippen LogP contribution in [0.4, 0.5) is 0 Å². The van der Waals surface area contributed by atoms with Gasteiger partial charge in [-0.25, -0.2) is 8.42 Å². The summed E-state index contributed by atoms with van der Waals surface area (Å²) in [6.45, 7) is 0. The second-order valence-electron chi connectivity index (χ2n) is 5.16. The lowest BCUT2D eigenvalue weighted by atomic mass is 9.76. The second-order valence-corrected chi connectivity index (χ2v) is 7.22. The van der Waals surface area contributed by atoms with Gasteiger partial charge in [0.2, 0.25) is 0 Å². The number of methoxy groups -OCH3 is 2. The van der Waals surface area contributed by atoms with Crippen LogP contribution in [-0.2, 0) is 33.6 Å². The molecular weight excluding hydrogens is 288 g/mol. The molecule has 0 N–H and O–H groups in total. The molecule has 3 aliphatic rings. The highest BCUT2D eigenvalue weighted by Gasteiger charge is 2.62. The fourth-order valence-corrected chi connectivity index (χ4v) is 5.10. The van der Waals surface area contributed by atoms with Crippen molar-refractivity contribution in [1.29, 1.82) is 0 Å². The summed E-state index contributed by atoms with van der Waals surface area (Å²) in [5.74, 6) is -3.03.